The molecule has 0 unspecified atom stereocenters. The zero-order valence-electron chi connectivity index (χ0n) is 22.4. The minimum atomic E-state index is 0. The van der Waals surface area contributed by atoms with Crippen molar-refractivity contribution in [3.05, 3.63) is 80.9 Å². The van der Waals surface area contributed by atoms with Crippen LogP contribution in [0.5, 0.6) is 0 Å². The molecular weight excluding hydrogens is 484 g/mol. The topological polar surface area (TPSA) is 65.2 Å². The average molecular weight is 524 g/mol. The van der Waals surface area contributed by atoms with Gasteiger partial charge in [-0.3, -0.25) is 9.98 Å². The maximum Gasteiger partial charge on any atom is 0.125 e. The van der Waals surface area contributed by atoms with Crippen LogP contribution in [0.4, 0.5) is 0 Å². The molecule has 0 spiro atoms. The minimum Gasteiger partial charge on any atom is -0.507 e. The quantitative estimate of drug-likeness (QED) is 0.154. The molecule has 5 heteroatoms. The molecule has 2 N–H and O–H groups in total. The largest absolute Gasteiger partial charge is 0.507 e. The summed E-state index contributed by atoms with van der Waals surface area (Å²) in [6.45, 7) is 17.4. The van der Waals surface area contributed by atoms with Gasteiger partial charge in [-0.05, 0) is 89.1 Å². The Morgan fingerprint density at radius 3 is 1.46 bits per heavy atom. The predicted molar refractivity (Wildman–Crippen MR) is 148 cm³/mol. The molecule has 0 fully saturated rings. The number of aliphatic hydroxyl groups excluding tert-OH is 2. The van der Waals surface area contributed by atoms with E-state index in [1.54, 1.807) is 12.2 Å². The van der Waals surface area contributed by atoms with Crippen LogP contribution in [0.25, 0.3) is 11.5 Å². The van der Waals surface area contributed by atoms with Crippen molar-refractivity contribution in [2.45, 2.75) is 68.2 Å². The fourth-order valence-corrected chi connectivity index (χ4v) is 4.46. The summed E-state index contributed by atoms with van der Waals surface area (Å²) in [6, 6.07) is 8.42. The van der Waals surface area contributed by atoms with E-state index < -0.39 is 0 Å². The zero-order chi connectivity index (χ0) is 25.4. The van der Waals surface area contributed by atoms with Gasteiger partial charge < -0.3 is 10.2 Å². The molecule has 35 heavy (non-hydrogen) atoms. The van der Waals surface area contributed by atoms with Crippen LogP contribution in [0.1, 0.15) is 71.7 Å². The first kappa shape index (κ1) is 30.4. The van der Waals surface area contributed by atoms with Crippen LogP contribution in [0, 0.1) is 34.6 Å². The molecule has 4 nitrogen and oxygen atoms in total. The molecule has 2 aromatic carbocycles. The van der Waals surface area contributed by atoms with Gasteiger partial charge in [0.2, 0.25) is 0 Å². The van der Waals surface area contributed by atoms with Crippen molar-refractivity contribution in [2.75, 3.05) is 13.1 Å². The third kappa shape index (κ3) is 8.83. The molecule has 0 saturated carbocycles. The standard InChI is InChI=1S/C30H40N2O2.Cu/c1-9-26-15-22(5)30(23(6)16-26)28(34)18-25(8)32-12-10-11-31-24(7)17-27(33)29-20(3)13-19(2)14-21(29)4;/h13-18,33-34H,9-12H2,1-8H3;/b27-17-,28-18-,31-24?,32-25?;. The normalized spacial score (nSPS) is 13.1. The second-order valence-corrected chi connectivity index (χ2v) is 9.19. The van der Waals surface area contributed by atoms with Gasteiger partial charge in [0.15, 0.2) is 0 Å². The average Bonchev–Trinajstić information content (AvgIpc) is 2.71. The molecule has 0 aliphatic rings. The van der Waals surface area contributed by atoms with E-state index in [4.69, 9.17) is 0 Å². The number of nitrogens with zero attached hydrogens (tertiary/aromatic N) is 2. The van der Waals surface area contributed by atoms with Crippen LogP contribution >= 0.6 is 0 Å². The third-order valence-corrected chi connectivity index (χ3v) is 5.92. The van der Waals surface area contributed by atoms with Gasteiger partial charge in [-0.25, -0.2) is 0 Å². The molecule has 0 saturated heterocycles. The third-order valence-electron chi connectivity index (χ3n) is 5.92. The molecule has 193 valence electrons. The Hall–Kier alpha value is -2.62. The summed E-state index contributed by atoms with van der Waals surface area (Å²) in [5.74, 6) is 0.512. The second kappa shape index (κ2) is 14.1. The van der Waals surface area contributed by atoms with E-state index in [9.17, 15) is 10.2 Å². The Balaban J connectivity index is 0.00000612. The first-order valence-electron chi connectivity index (χ1n) is 12.1. The Kier molecular flexibility index (Phi) is 12.2. The van der Waals surface area contributed by atoms with E-state index in [0.717, 1.165) is 57.6 Å². The molecule has 2 rings (SSSR count). The Morgan fingerprint density at radius 2 is 1.09 bits per heavy atom. The number of aliphatic hydroxyl groups is 2. The Morgan fingerprint density at radius 1 is 0.714 bits per heavy atom. The molecule has 0 amide bonds. The molecule has 0 bridgehead atoms. The smallest absolute Gasteiger partial charge is 0.125 e. The van der Waals surface area contributed by atoms with Crippen molar-refractivity contribution in [2.24, 2.45) is 9.98 Å². The summed E-state index contributed by atoms with van der Waals surface area (Å²) in [4.78, 5) is 9.12. The molecular formula is C30H40CuN2O2. The van der Waals surface area contributed by atoms with Crippen LogP contribution in [0.15, 0.2) is 46.4 Å². The number of aliphatic imine (C=N–C) groups is 2. The van der Waals surface area contributed by atoms with E-state index in [0.29, 0.717) is 13.1 Å². The van der Waals surface area contributed by atoms with Crippen LogP contribution in [0.3, 0.4) is 0 Å². The molecule has 0 atom stereocenters. The van der Waals surface area contributed by atoms with Gasteiger partial charge >= 0.3 is 0 Å². The van der Waals surface area contributed by atoms with Crippen molar-refractivity contribution in [3.63, 3.8) is 0 Å². The Bertz CT molecular complexity index is 1110. The van der Waals surface area contributed by atoms with Gasteiger partial charge in [-0.2, -0.15) is 0 Å². The number of rotatable bonds is 9. The first-order valence-corrected chi connectivity index (χ1v) is 12.1. The van der Waals surface area contributed by atoms with E-state index in [1.807, 2.05) is 41.5 Å². The van der Waals surface area contributed by atoms with E-state index in [2.05, 4.69) is 48.1 Å². The summed E-state index contributed by atoms with van der Waals surface area (Å²) >= 11 is 0. The number of hydrogen-bond donors (Lipinski definition) is 2. The molecule has 0 aliphatic carbocycles. The van der Waals surface area contributed by atoms with Crippen molar-refractivity contribution >= 4 is 22.9 Å². The SMILES string of the molecule is CCc1cc(C)c(/C(O)=C/C(C)=NCCCN=C(C)/C=C(\O)c2c(C)cc(C)cc2C)c(C)c1.[Cu]. The van der Waals surface area contributed by atoms with E-state index in [1.165, 1.54) is 11.1 Å². The molecule has 0 heterocycles. The summed E-state index contributed by atoms with van der Waals surface area (Å²) in [6.07, 6.45) is 5.25. The maximum absolute atomic E-state index is 10.7. The summed E-state index contributed by atoms with van der Waals surface area (Å²) in [5, 5.41) is 21.2. The van der Waals surface area contributed by atoms with Crippen LogP contribution in [0.2, 0.25) is 0 Å². The van der Waals surface area contributed by atoms with Crippen LogP contribution in [-0.4, -0.2) is 34.7 Å². The zero-order valence-corrected chi connectivity index (χ0v) is 23.3. The monoisotopic (exact) mass is 523 g/mol. The number of benzene rings is 2. The van der Waals surface area contributed by atoms with Gasteiger partial charge in [-0.15, -0.1) is 0 Å². The van der Waals surface area contributed by atoms with Crippen LogP contribution < -0.4 is 0 Å². The molecule has 2 aromatic rings. The fraction of sp³-hybridized carbons (Fsp3) is 0.400. The van der Waals surface area contributed by atoms with Crippen molar-refractivity contribution in [1.29, 1.82) is 0 Å². The summed E-state index contributed by atoms with van der Waals surface area (Å²) in [5.41, 5.74) is 10.1. The predicted octanol–water partition coefficient (Wildman–Crippen LogP) is 7.60. The van der Waals surface area contributed by atoms with E-state index >= 15 is 0 Å². The van der Waals surface area contributed by atoms with Crippen molar-refractivity contribution in [1.82, 2.24) is 0 Å². The maximum atomic E-state index is 10.7. The molecule has 0 aromatic heterocycles. The van der Waals surface area contributed by atoms with Gasteiger partial charge in [0.05, 0.1) is 0 Å². The molecule has 0 aliphatic heterocycles. The van der Waals surface area contributed by atoms with Gasteiger partial charge in [0.25, 0.3) is 0 Å². The summed E-state index contributed by atoms with van der Waals surface area (Å²) < 4.78 is 0. The summed E-state index contributed by atoms with van der Waals surface area (Å²) in [7, 11) is 0. The van der Waals surface area contributed by atoms with E-state index in [-0.39, 0.29) is 28.6 Å². The van der Waals surface area contributed by atoms with Gasteiger partial charge in [0, 0.05) is 64.9 Å². The van der Waals surface area contributed by atoms with Crippen molar-refractivity contribution in [3.8, 4) is 0 Å². The fourth-order valence-electron chi connectivity index (χ4n) is 4.46. The Labute approximate surface area is 222 Å². The van der Waals surface area contributed by atoms with Crippen molar-refractivity contribution < 1.29 is 27.3 Å². The second-order valence-electron chi connectivity index (χ2n) is 9.19. The number of allylic oxidation sites excluding steroid dienone is 2. The van der Waals surface area contributed by atoms with Gasteiger partial charge in [-0.1, -0.05) is 36.8 Å². The number of hydrogen-bond acceptors (Lipinski definition) is 4. The minimum absolute atomic E-state index is 0. The van der Waals surface area contributed by atoms with Crippen LogP contribution in [-0.2, 0) is 23.5 Å². The number of aryl methyl sites for hydroxylation is 6. The molecule has 1 radical (unpaired) electrons. The van der Waals surface area contributed by atoms with Gasteiger partial charge in [0.1, 0.15) is 11.5 Å². The first-order chi connectivity index (χ1) is 16.0.